The lowest BCUT2D eigenvalue weighted by Crippen LogP contribution is -2.03. The van der Waals surface area contributed by atoms with E-state index in [0.717, 1.165) is 10.5 Å². The van der Waals surface area contributed by atoms with Gasteiger partial charge in [-0.3, -0.25) is 4.79 Å². The second kappa shape index (κ2) is 6.39. The highest BCUT2D eigenvalue weighted by atomic mass is 32.1. The van der Waals surface area contributed by atoms with E-state index in [9.17, 15) is 4.79 Å². The van der Waals surface area contributed by atoms with Crippen LogP contribution in [0.5, 0.6) is 11.5 Å². The largest absolute Gasteiger partial charge is 0.493 e. The van der Waals surface area contributed by atoms with Crippen molar-refractivity contribution in [2.24, 2.45) is 0 Å². The van der Waals surface area contributed by atoms with Crippen molar-refractivity contribution in [1.82, 2.24) is 0 Å². The Morgan fingerprint density at radius 3 is 2.71 bits per heavy atom. The maximum absolute atomic E-state index is 10.3. The van der Waals surface area contributed by atoms with Gasteiger partial charge in [-0.1, -0.05) is 0 Å². The molecule has 0 fully saturated rings. The molecule has 0 spiro atoms. The SMILES string of the molecule is COc1cc(C)c(S)cc1OCCCC(=O)O. The monoisotopic (exact) mass is 256 g/mol. The van der Waals surface area contributed by atoms with E-state index < -0.39 is 5.97 Å². The molecule has 0 radical (unpaired) electrons. The molecular weight excluding hydrogens is 240 g/mol. The summed E-state index contributed by atoms with van der Waals surface area (Å²) in [5.74, 6) is 0.406. The molecule has 0 bridgehead atoms. The summed E-state index contributed by atoms with van der Waals surface area (Å²) in [5, 5.41) is 8.50. The predicted molar refractivity (Wildman–Crippen MR) is 67.3 cm³/mol. The van der Waals surface area contributed by atoms with Gasteiger partial charge in [0, 0.05) is 11.3 Å². The first-order chi connectivity index (χ1) is 8.04. The first-order valence-electron chi connectivity index (χ1n) is 5.26. The third kappa shape index (κ3) is 4.19. The summed E-state index contributed by atoms with van der Waals surface area (Å²) in [6, 6.07) is 3.62. The summed E-state index contributed by atoms with van der Waals surface area (Å²) < 4.78 is 10.7. The molecule has 5 heteroatoms. The van der Waals surface area contributed by atoms with Crippen molar-refractivity contribution in [3.63, 3.8) is 0 Å². The fraction of sp³-hybridized carbons (Fsp3) is 0.417. The van der Waals surface area contributed by atoms with Gasteiger partial charge in [-0.25, -0.2) is 0 Å². The van der Waals surface area contributed by atoms with Crippen LogP contribution in [0.1, 0.15) is 18.4 Å². The molecule has 4 nitrogen and oxygen atoms in total. The van der Waals surface area contributed by atoms with Crippen LogP contribution in [0.4, 0.5) is 0 Å². The molecule has 0 aliphatic carbocycles. The van der Waals surface area contributed by atoms with E-state index in [2.05, 4.69) is 12.6 Å². The Morgan fingerprint density at radius 1 is 1.41 bits per heavy atom. The van der Waals surface area contributed by atoms with Crippen molar-refractivity contribution in [3.8, 4) is 11.5 Å². The molecule has 0 aliphatic rings. The highest BCUT2D eigenvalue weighted by molar-refractivity contribution is 7.80. The van der Waals surface area contributed by atoms with Crippen molar-refractivity contribution in [2.75, 3.05) is 13.7 Å². The Hall–Kier alpha value is -1.36. The normalized spacial score (nSPS) is 10.1. The van der Waals surface area contributed by atoms with E-state index in [0.29, 0.717) is 24.5 Å². The molecule has 0 saturated heterocycles. The summed E-state index contributed by atoms with van der Waals surface area (Å²) in [4.78, 5) is 11.2. The van der Waals surface area contributed by atoms with E-state index in [1.807, 2.05) is 13.0 Å². The van der Waals surface area contributed by atoms with Gasteiger partial charge in [-0.15, -0.1) is 12.6 Å². The molecule has 0 atom stereocenters. The molecule has 1 rings (SSSR count). The van der Waals surface area contributed by atoms with Gasteiger partial charge in [-0.05, 0) is 31.0 Å². The van der Waals surface area contributed by atoms with Crippen LogP contribution in [0.15, 0.2) is 17.0 Å². The highest BCUT2D eigenvalue weighted by Gasteiger charge is 2.07. The van der Waals surface area contributed by atoms with Gasteiger partial charge in [-0.2, -0.15) is 0 Å². The van der Waals surface area contributed by atoms with Crippen LogP contribution in [0.3, 0.4) is 0 Å². The summed E-state index contributed by atoms with van der Waals surface area (Å²) in [6.45, 7) is 2.28. The van der Waals surface area contributed by atoms with Crippen LogP contribution in [-0.2, 0) is 4.79 Å². The number of thiol groups is 1. The molecule has 0 aromatic heterocycles. The smallest absolute Gasteiger partial charge is 0.303 e. The first-order valence-corrected chi connectivity index (χ1v) is 5.71. The number of carboxylic acid groups (broad SMARTS) is 1. The lowest BCUT2D eigenvalue weighted by molar-refractivity contribution is -0.137. The van der Waals surface area contributed by atoms with Crippen LogP contribution < -0.4 is 9.47 Å². The van der Waals surface area contributed by atoms with Crippen molar-refractivity contribution in [3.05, 3.63) is 17.7 Å². The van der Waals surface area contributed by atoms with Crippen LogP contribution in [0.25, 0.3) is 0 Å². The average Bonchev–Trinajstić information content (AvgIpc) is 2.28. The number of benzene rings is 1. The first kappa shape index (κ1) is 13.7. The summed E-state index contributed by atoms with van der Waals surface area (Å²) in [6.07, 6.45) is 0.566. The molecule has 1 aromatic carbocycles. The van der Waals surface area contributed by atoms with Gasteiger partial charge in [0.05, 0.1) is 13.7 Å². The predicted octanol–water partition coefficient (Wildman–Crippen LogP) is 2.54. The highest BCUT2D eigenvalue weighted by Crippen LogP contribution is 2.32. The molecule has 94 valence electrons. The zero-order chi connectivity index (χ0) is 12.8. The van der Waals surface area contributed by atoms with Crippen LogP contribution in [-0.4, -0.2) is 24.8 Å². The van der Waals surface area contributed by atoms with E-state index >= 15 is 0 Å². The molecule has 1 N–H and O–H groups in total. The Bertz CT molecular complexity index is 404. The Kier molecular flexibility index (Phi) is 5.15. The summed E-state index contributed by atoms with van der Waals surface area (Å²) >= 11 is 4.30. The lowest BCUT2D eigenvalue weighted by Gasteiger charge is -2.12. The van der Waals surface area contributed by atoms with Gasteiger partial charge >= 0.3 is 5.97 Å². The van der Waals surface area contributed by atoms with E-state index in [1.54, 1.807) is 13.2 Å². The maximum Gasteiger partial charge on any atom is 0.303 e. The Morgan fingerprint density at radius 2 is 2.12 bits per heavy atom. The van der Waals surface area contributed by atoms with Gasteiger partial charge in [0.15, 0.2) is 11.5 Å². The molecule has 0 heterocycles. The number of rotatable bonds is 6. The van der Waals surface area contributed by atoms with Crippen LogP contribution in [0.2, 0.25) is 0 Å². The third-order valence-corrected chi connectivity index (χ3v) is 2.76. The summed E-state index contributed by atoms with van der Waals surface area (Å²) in [5.41, 5.74) is 1.00. The van der Waals surface area contributed by atoms with E-state index in [4.69, 9.17) is 14.6 Å². The number of carbonyl (C=O) groups is 1. The van der Waals surface area contributed by atoms with Crippen molar-refractivity contribution in [2.45, 2.75) is 24.7 Å². The fourth-order valence-electron chi connectivity index (χ4n) is 1.33. The zero-order valence-electron chi connectivity index (χ0n) is 9.90. The third-order valence-electron chi connectivity index (χ3n) is 2.27. The number of methoxy groups -OCH3 is 1. The van der Waals surface area contributed by atoms with Crippen molar-refractivity contribution < 1.29 is 19.4 Å². The number of hydrogen-bond acceptors (Lipinski definition) is 4. The standard InChI is InChI=1S/C12H16O4S/c1-8-6-9(15-2)10(7-11(8)17)16-5-3-4-12(13)14/h6-7,17H,3-5H2,1-2H3,(H,13,14). The Labute approximate surface area is 106 Å². The van der Waals surface area contributed by atoms with Gasteiger partial charge in [0.2, 0.25) is 0 Å². The summed E-state index contributed by atoms with van der Waals surface area (Å²) in [7, 11) is 1.57. The number of carboxylic acids is 1. The minimum absolute atomic E-state index is 0.0991. The number of aliphatic carboxylic acids is 1. The molecule has 0 saturated carbocycles. The second-order valence-electron chi connectivity index (χ2n) is 3.64. The minimum atomic E-state index is -0.820. The molecule has 17 heavy (non-hydrogen) atoms. The van der Waals surface area contributed by atoms with Crippen molar-refractivity contribution in [1.29, 1.82) is 0 Å². The molecule has 0 aliphatic heterocycles. The van der Waals surface area contributed by atoms with Crippen molar-refractivity contribution >= 4 is 18.6 Å². The number of aryl methyl sites for hydroxylation is 1. The lowest BCUT2D eigenvalue weighted by atomic mass is 10.2. The van der Waals surface area contributed by atoms with Gasteiger partial charge in [0.1, 0.15) is 0 Å². The number of ether oxygens (including phenoxy) is 2. The van der Waals surface area contributed by atoms with Crippen LogP contribution in [0, 0.1) is 6.92 Å². The average molecular weight is 256 g/mol. The number of hydrogen-bond donors (Lipinski definition) is 2. The molecular formula is C12H16O4S. The van der Waals surface area contributed by atoms with Crippen LogP contribution >= 0.6 is 12.6 Å². The molecule has 1 aromatic rings. The minimum Gasteiger partial charge on any atom is -0.493 e. The van der Waals surface area contributed by atoms with E-state index in [-0.39, 0.29) is 6.42 Å². The maximum atomic E-state index is 10.3. The zero-order valence-corrected chi connectivity index (χ0v) is 10.8. The second-order valence-corrected chi connectivity index (χ2v) is 4.12. The Balaban J connectivity index is 2.63. The molecule has 0 amide bonds. The quantitative estimate of drug-likeness (QED) is 0.606. The van der Waals surface area contributed by atoms with E-state index in [1.165, 1.54) is 0 Å². The fourth-order valence-corrected chi connectivity index (χ4v) is 1.51. The topological polar surface area (TPSA) is 55.8 Å². The van der Waals surface area contributed by atoms with Gasteiger partial charge in [0.25, 0.3) is 0 Å². The van der Waals surface area contributed by atoms with Gasteiger partial charge < -0.3 is 14.6 Å². The molecule has 0 unspecified atom stereocenters.